The molecule has 1 aromatic rings. The molecule has 1 aliphatic heterocycles. The molecule has 0 spiro atoms. The van der Waals surface area contributed by atoms with Gasteiger partial charge < -0.3 is 10.4 Å². The van der Waals surface area contributed by atoms with Crippen LogP contribution in [0.1, 0.15) is 31.4 Å². The third-order valence-corrected chi connectivity index (χ3v) is 3.74. The molecule has 0 aliphatic carbocycles. The number of hydrogen-bond donors (Lipinski definition) is 2. The van der Waals surface area contributed by atoms with Gasteiger partial charge in [-0.1, -0.05) is 13.3 Å². The van der Waals surface area contributed by atoms with E-state index >= 15 is 0 Å². The molecule has 0 saturated carbocycles. The molecule has 0 bridgehead atoms. The topological polar surface area (TPSA) is 78.6 Å². The molecule has 2 N–H and O–H groups in total. The maximum Gasteiger partial charge on any atom is 0.270 e. The van der Waals surface area contributed by atoms with Crippen molar-refractivity contribution in [3.8, 4) is 5.75 Å². The van der Waals surface area contributed by atoms with Gasteiger partial charge >= 0.3 is 0 Å². The molecule has 1 aliphatic rings. The number of nitrogens with one attached hydrogen (secondary N) is 1. The van der Waals surface area contributed by atoms with Gasteiger partial charge in [0.05, 0.1) is 4.92 Å². The van der Waals surface area contributed by atoms with Crippen molar-refractivity contribution in [3.05, 3.63) is 33.9 Å². The van der Waals surface area contributed by atoms with Gasteiger partial charge in [0, 0.05) is 49.9 Å². The van der Waals surface area contributed by atoms with E-state index in [1.54, 1.807) is 0 Å². The van der Waals surface area contributed by atoms with Crippen LogP contribution in [0.25, 0.3) is 0 Å². The Bertz CT molecular complexity index is 482. The van der Waals surface area contributed by atoms with Gasteiger partial charge in [-0.05, 0) is 12.5 Å². The molecule has 1 heterocycles. The zero-order valence-electron chi connectivity index (χ0n) is 12.5. The molecule has 22 heavy (non-hydrogen) atoms. The van der Waals surface area contributed by atoms with Crippen molar-refractivity contribution in [1.82, 2.24) is 10.2 Å². The minimum absolute atomic E-state index is 0. The van der Waals surface area contributed by atoms with Crippen molar-refractivity contribution in [2.24, 2.45) is 0 Å². The predicted molar refractivity (Wildman–Crippen MR) is 91.3 cm³/mol. The van der Waals surface area contributed by atoms with Crippen molar-refractivity contribution in [1.29, 1.82) is 0 Å². The highest BCUT2D eigenvalue weighted by atomic mass is 35.5. The number of rotatable bonds is 5. The predicted octanol–water partition coefficient (Wildman–Crippen LogP) is 2.89. The van der Waals surface area contributed by atoms with E-state index in [0.717, 1.165) is 39.0 Å². The number of non-ortho nitro benzene ring substituents is 1. The summed E-state index contributed by atoms with van der Waals surface area (Å²) in [7, 11) is 0. The van der Waals surface area contributed by atoms with E-state index in [-0.39, 0.29) is 42.3 Å². The number of halogens is 2. The molecule has 8 heteroatoms. The fourth-order valence-corrected chi connectivity index (χ4v) is 2.72. The van der Waals surface area contributed by atoms with E-state index in [9.17, 15) is 15.2 Å². The summed E-state index contributed by atoms with van der Waals surface area (Å²) in [6.07, 6.45) is 1.85. The summed E-state index contributed by atoms with van der Waals surface area (Å²) < 4.78 is 0. The van der Waals surface area contributed by atoms with E-state index in [2.05, 4.69) is 17.1 Å². The molecule has 1 atom stereocenters. The first kappa shape index (κ1) is 20.9. The number of aromatic hydroxyl groups is 1. The van der Waals surface area contributed by atoms with E-state index < -0.39 is 4.92 Å². The minimum atomic E-state index is -0.413. The Balaban J connectivity index is 0.00000220. The van der Waals surface area contributed by atoms with E-state index in [1.807, 2.05) is 0 Å². The lowest BCUT2D eigenvalue weighted by atomic mass is 9.98. The van der Waals surface area contributed by atoms with Gasteiger partial charge in [0.25, 0.3) is 5.69 Å². The summed E-state index contributed by atoms with van der Waals surface area (Å²) in [5.41, 5.74) is 0.706. The van der Waals surface area contributed by atoms with Gasteiger partial charge in [0.15, 0.2) is 0 Å². The van der Waals surface area contributed by atoms with Crippen LogP contribution in [0.5, 0.6) is 5.75 Å². The van der Waals surface area contributed by atoms with Crippen LogP contribution in [0.2, 0.25) is 0 Å². The molecule has 0 amide bonds. The van der Waals surface area contributed by atoms with E-state index in [4.69, 9.17) is 0 Å². The summed E-state index contributed by atoms with van der Waals surface area (Å²) in [4.78, 5) is 12.8. The Morgan fingerprint density at radius 1 is 1.36 bits per heavy atom. The average molecular weight is 352 g/mol. The van der Waals surface area contributed by atoms with Crippen molar-refractivity contribution in [2.45, 2.75) is 25.8 Å². The molecule has 0 unspecified atom stereocenters. The number of phenols is 1. The molecular formula is C14H23Cl2N3O3. The molecule has 6 nitrogen and oxygen atoms in total. The SMILES string of the molecule is CCC[C@@H](c1cc([N+](=O)[O-])ccc1O)N1CCNCC1.Cl.Cl. The standard InChI is InChI=1S/C14H21N3O3.2ClH/c1-2-3-13(16-8-6-15-7-9-16)12-10-11(17(19)20)4-5-14(12)18;;/h4-5,10,13,15,18H,2-3,6-9H2,1H3;2*1H/t13-;;/m0../s1. The van der Waals surface area contributed by atoms with Crippen LogP contribution in [0.3, 0.4) is 0 Å². The highest BCUT2D eigenvalue weighted by Gasteiger charge is 2.25. The lowest BCUT2D eigenvalue weighted by Gasteiger charge is -2.35. The van der Waals surface area contributed by atoms with Crippen LogP contribution < -0.4 is 5.32 Å². The number of nitro benzene ring substituents is 1. The molecule has 0 radical (unpaired) electrons. The van der Waals surface area contributed by atoms with Crippen LogP contribution >= 0.6 is 24.8 Å². The Kier molecular flexibility index (Phi) is 9.36. The quantitative estimate of drug-likeness (QED) is 0.629. The van der Waals surface area contributed by atoms with Crippen molar-refractivity contribution in [3.63, 3.8) is 0 Å². The van der Waals surface area contributed by atoms with Gasteiger partial charge in [0.2, 0.25) is 0 Å². The molecule has 1 aromatic carbocycles. The molecule has 1 fully saturated rings. The second kappa shape index (κ2) is 9.84. The first-order chi connectivity index (χ1) is 9.63. The Labute approximate surface area is 142 Å². The molecule has 0 aromatic heterocycles. The number of nitrogens with zero attached hydrogens (tertiary/aromatic N) is 2. The van der Waals surface area contributed by atoms with Crippen LogP contribution in [0, 0.1) is 10.1 Å². The number of piperazine rings is 1. The van der Waals surface area contributed by atoms with E-state index in [1.165, 1.54) is 18.2 Å². The average Bonchev–Trinajstić information content (AvgIpc) is 2.46. The fourth-order valence-electron chi connectivity index (χ4n) is 2.72. The van der Waals surface area contributed by atoms with Crippen LogP contribution in [0.4, 0.5) is 5.69 Å². The lowest BCUT2D eigenvalue weighted by molar-refractivity contribution is -0.385. The molecular weight excluding hydrogens is 329 g/mol. The van der Waals surface area contributed by atoms with Crippen molar-refractivity contribution < 1.29 is 10.0 Å². The Hall–Kier alpha value is -1.08. The fraction of sp³-hybridized carbons (Fsp3) is 0.571. The molecule has 1 saturated heterocycles. The van der Waals surface area contributed by atoms with Gasteiger partial charge in [0.1, 0.15) is 5.75 Å². The number of benzene rings is 1. The Morgan fingerprint density at radius 3 is 2.55 bits per heavy atom. The summed E-state index contributed by atoms with van der Waals surface area (Å²) in [5.74, 6) is 0.146. The second-order valence-electron chi connectivity index (χ2n) is 5.09. The third-order valence-electron chi connectivity index (χ3n) is 3.74. The summed E-state index contributed by atoms with van der Waals surface area (Å²) in [6.45, 7) is 5.70. The highest BCUT2D eigenvalue weighted by Crippen LogP contribution is 2.34. The number of hydrogen-bond acceptors (Lipinski definition) is 5. The maximum absolute atomic E-state index is 10.9. The highest BCUT2D eigenvalue weighted by molar-refractivity contribution is 5.85. The first-order valence-corrected chi connectivity index (χ1v) is 7.05. The summed E-state index contributed by atoms with van der Waals surface area (Å²) in [6, 6.07) is 4.33. The lowest BCUT2D eigenvalue weighted by Crippen LogP contribution is -2.45. The smallest absolute Gasteiger partial charge is 0.270 e. The minimum Gasteiger partial charge on any atom is -0.508 e. The van der Waals surface area contributed by atoms with Crippen LogP contribution in [-0.2, 0) is 0 Å². The largest absolute Gasteiger partial charge is 0.508 e. The monoisotopic (exact) mass is 351 g/mol. The second-order valence-corrected chi connectivity index (χ2v) is 5.09. The van der Waals surface area contributed by atoms with Crippen molar-refractivity contribution >= 4 is 30.5 Å². The third kappa shape index (κ3) is 4.98. The first-order valence-electron chi connectivity index (χ1n) is 7.05. The van der Waals surface area contributed by atoms with Gasteiger partial charge in [-0.2, -0.15) is 0 Å². The summed E-state index contributed by atoms with van der Waals surface area (Å²) >= 11 is 0. The zero-order valence-corrected chi connectivity index (χ0v) is 14.2. The normalized spacial score (nSPS) is 16.2. The number of nitro groups is 1. The zero-order chi connectivity index (χ0) is 14.5. The van der Waals surface area contributed by atoms with Crippen LogP contribution in [-0.4, -0.2) is 41.1 Å². The summed E-state index contributed by atoms with van der Waals surface area (Å²) in [5, 5.41) is 24.3. The van der Waals surface area contributed by atoms with Gasteiger partial charge in [-0.3, -0.25) is 15.0 Å². The molecule has 2 rings (SSSR count). The van der Waals surface area contributed by atoms with Crippen molar-refractivity contribution in [2.75, 3.05) is 26.2 Å². The van der Waals surface area contributed by atoms with Gasteiger partial charge in [-0.25, -0.2) is 0 Å². The van der Waals surface area contributed by atoms with Crippen LogP contribution in [0.15, 0.2) is 18.2 Å². The van der Waals surface area contributed by atoms with E-state index in [0.29, 0.717) is 5.56 Å². The Morgan fingerprint density at radius 2 is 2.00 bits per heavy atom. The maximum atomic E-state index is 10.9. The van der Waals surface area contributed by atoms with Gasteiger partial charge in [-0.15, -0.1) is 24.8 Å². The molecule has 126 valence electrons. The number of phenolic OH excluding ortho intramolecular Hbond substituents is 1.